The minimum Gasteiger partial charge on any atom is -0.380 e. The fourth-order valence-corrected chi connectivity index (χ4v) is 1.69. The Balaban J connectivity index is 2.04. The van der Waals surface area contributed by atoms with E-state index in [-0.39, 0.29) is 12.1 Å². The lowest BCUT2D eigenvalue weighted by Crippen LogP contribution is -2.16. The zero-order chi connectivity index (χ0) is 10.8. The molecule has 5 heteroatoms. The monoisotopic (exact) mass is 211 g/mol. The standard InChI is InChI=1S/C10H17N3O2/c1-6(2)9-12-10(15-13-9)8-4-7(14-3)5-11-8/h6-8,11H,4-5H2,1-3H3/t7-,8+/m0/s1. The van der Waals surface area contributed by atoms with Gasteiger partial charge in [-0.15, -0.1) is 0 Å². The number of rotatable bonds is 3. The lowest BCUT2D eigenvalue weighted by molar-refractivity contribution is 0.116. The third-order valence-electron chi connectivity index (χ3n) is 2.70. The largest absolute Gasteiger partial charge is 0.380 e. The molecule has 15 heavy (non-hydrogen) atoms. The van der Waals surface area contributed by atoms with Crippen LogP contribution in [0, 0.1) is 0 Å². The minimum atomic E-state index is 0.148. The first-order valence-corrected chi connectivity index (χ1v) is 5.30. The van der Waals surface area contributed by atoms with Gasteiger partial charge in [-0.25, -0.2) is 0 Å². The van der Waals surface area contributed by atoms with Crippen molar-refractivity contribution in [3.63, 3.8) is 0 Å². The molecule has 0 aliphatic carbocycles. The highest BCUT2D eigenvalue weighted by Gasteiger charge is 2.29. The average molecular weight is 211 g/mol. The molecule has 0 radical (unpaired) electrons. The maximum Gasteiger partial charge on any atom is 0.243 e. The van der Waals surface area contributed by atoms with Crippen LogP contribution in [0.4, 0.5) is 0 Å². The average Bonchev–Trinajstić information content (AvgIpc) is 2.86. The van der Waals surface area contributed by atoms with Crippen LogP contribution in [0.2, 0.25) is 0 Å². The van der Waals surface area contributed by atoms with E-state index in [0.29, 0.717) is 11.8 Å². The summed E-state index contributed by atoms with van der Waals surface area (Å²) in [7, 11) is 1.72. The van der Waals surface area contributed by atoms with Crippen LogP contribution in [0.15, 0.2) is 4.52 Å². The van der Waals surface area contributed by atoms with Crippen LogP contribution >= 0.6 is 0 Å². The summed E-state index contributed by atoms with van der Waals surface area (Å²) < 4.78 is 10.5. The molecule has 1 aliphatic heterocycles. The minimum absolute atomic E-state index is 0.148. The van der Waals surface area contributed by atoms with Crippen LogP contribution in [0.3, 0.4) is 0 Å². The summed E-state index contributed by atoms with van der Waals surface area (Å²) in [5, 5.41) is 7.25. The van der Waals surface area contributed by atoms with Gasteiger partial charge in [0.25, 0.3) is 0 Å². The summed E-state index contributed by atoms with van der Waals surface area (Å²) >= 11 is 0. The Bertz CT molecular complexity index is 324. The van der Waals surface area contributed by atoms with Crippen molar-refractivity contribution in [2.75, 3.05) is 13.7 Å². The first-order valence-electron chi connectivity index (χ1n) is 5.30. The van der Waals surface area contributed by atoms with Crippen LogP contribution in [0.5, 0.6) is 0 Å². The Hall–Kier alpha value is -0.940. The molecule has 1 N–H and O–H groups in total. The molecule has 1 fully saturated rings. The van der Waals surface area contributed by atoms with E-state index >= 15 is 0 Å². The Morgan fingerprint density at radius 1 is 1.53 bits per heavy atom. The fourth-order valence-electron chi connectivity index (χ4n) is 1.69. The van der Waals surface area contributed by atoms with Crippen LogP contribution < -0.4 is 5.32 Å². The number of aromatic nitrogens is 2. The zero-order valence-corrected chi connectivity index (χ0v) is 9.36. The molecular formula is C10H17N3O2. The van der Waals surface area contributed by atoms with E-state index in [2.05, 4.69) is 29.3 Å². The van der Waals surface area contributed by atoms with Crippen molar-refractivity contribution in [1.82, 2.24) is 15.5 Å². The summed E-state index contributed by atoms with van der Waals surface area (Å²) in [6.07, 6.45) is 1.15. The first-order chi connectivity index (χ1) is 7.20. The number of hydrogen-bond donors (Lipinski definition) is 1. The number of methoxy groups -OCH3 is 1. The van der Waals surface area contributed by atoms with Gasteiger partial charge in [-0.3, -0.25) is 0 Å². The topological polar surface area (TPSA) is 60.2 Å². The Kier molecular flexibility index (Phi) is 3.02. The van der Waals surface area contributed by atoms with Crippen molar-refractivity contribution >= 4 is 0 Å². The van der Waals surface area contributed by atoms with E-state index in [1.54, 1.807) is 7.11 Å². The van der Waals surface area contributed by atoms with E-state index in [1.807, 2.05) is 0 Å². The smallest absolute Gasteiger partial charge is 0.243 e. The molecular weight excluding hydrogens is 194 g/mol. The second-order valence-electron chi connectivity index (χ2n) is 4.20. The van der Waals surface area contributed by atoms with Gasteiger partial charge < -0.3 is 14.6 Å². The normalized spacial score (nSPS) is 26.4. The van der Waals surface area contributed by atoms with Gasteiger partial charge in [0.2, 0.25) is 5.89 Å². The molecule has 1 aliphatic rings. The molecule has 2 rings (SSSR count). The third-order valence-corrected chi connectivity index (χ3v) is 2.70. The van der Waals surface area contributed by atoms with Crippen molar-refractivity contribution in [1.29, 1.82) is 0 Å². The molecule has 0 saturated carbocycles. The lowest BCUT2D eigenvalue weighted by Gasteiger charge is -2.04. The molecule has 5 nitrogen and oxygen atoms in total. The Morgan fingerprint density at radius 2 is 2.33 bits per heavy atom. The molecule has 2 heterocycles. The molecule has 1 aromatic heterocycles. The number of ether oxygens (including phenoxy) is 1. The maximum atomic E-state index is 5.26. The van der Waals surface area contributed by atoms with E-state index in [9.17, 15) is 0 Å². The molecule has 0 amide bonds. The van der Waals surface area contributed by atoms with E-state index < -0.39 is 0 Å². The number of nitrogens with one attached hydrogen (secondary N) is 1. The van der Waals surface area contributed by atoms with Gasteiger partial charge in [0.1, 0.15) is 0 Å². The Labute approximate surface area is 89.2 Å². The molecule has 0 bridgehead atoms. The van der Waals surface area contributed by atoms with E-state index in [0.717, 1.165) is 18.8 Å². The van der Waals surface area contributed by atoms with Gasteiger partial charge in [0.05, 0.1) is 12.1 Å². The highest BCUT2D eigenvalue weighted by Crippen LogP contribution is 2.24. The Morgan fingerprint density at radius 3 is 2.87 bits per heavy atom. The zero-order valence-electron chi connectivity index (χ0n) is 9.36. The predicted molar refractivity (Wildman–Crippen MR) is 54.5 cm³/mol. The predicted octanol–water partition coefficient (Wildman–Crippen LogP) is 1.24. The van der Waals surface area contributed by atoms with Crippen LogP contribution in [0.1, 0.15) is 43.9 Å². The summed E-state index contributed by atoms with van der Waals surface area (Å²) in [4.78, 5) is 4.36. The molecule has 84 valence electrons. The van der Waals surface area contributed by atoms with Crippen molar-refractivity contribution in [3.05, 3.63) is 11.7 Å². The second-order valence-corrected chi connectivity index (χ2v) is 4.20. The third kappa shape index (κ3) is 2.18. The van der Waals surface area contributed by atoms with Crippen molar-refractivity contribution in [2.24, 2.45) is 0 Å². The van der Waals surface area contributed by atoms with E-state index in [4.69, 9.17) is 9.26 Å². The summed E-state index contributed by atoms with van der Waals surface area (Å²) in [5.41, 5.74) is 0. The molecule has 0 aromatic carbocycles. The van der Waals surface area contributed by atoms with Gasteiger partial charge in [0.15, 0.2) is 5.82 Å². The fraction of sp³-hybridized carbons (Fsp3) is 0.800. The first kappa shape index (κ1) is 10.6. The van der Waals surface area contributed by atoms with Crippen LogP contribution in [-0.2, 0) is 4.74 Å². The SMILES string of the molecule is CO[C@@H]1CN[C@@H](c2nc(C(C)C)no2)C1. The molecule has 1 aromatic rings. The summed E-state index contributed by atoms with van der Waals surface area (Å²) in [6.45, 7) is 4.95. The highest BCUT2D eigenvalue weighted by atomic mass is 16.5. The van der Waals surface area contributed by atoms with Crippen LogP contribution in [0.25, 0.3) is 0 Å². The van der Waals surface area contributed by atoms with Gasteiger partial charge in [-0.05, 0) is 6.42 Å². The lowest BCUT2D eigenvalue weighted by atomic mass is 10.2. The molecule has 2 atom stereocenters. The number of nitrogens with zero attached hydrogens (tertiary/aromatic N) is 2. The van der Waals surface area contributed by atoms with Gasteiger partial charge in [-0.1, -0.05) is 19.0 Å². The number of hydrogen-bond acceptors (Lipinski definition) is 5. The van der Waals surface area contributed by atoms with Crippen molar-refractivity contribution in [3.8, 4) is 0 Å². The highest BCUT2D eigenvalue weighted by molar-refractivity contribution is 4.99. The van der Waals surface area contributed by atoms with Crippen LogP contribution in [-0.4, -0.2) is 29.9 Å². The summed E-state index contributed by atoms with van der Waals surface area (Å²) in [6, 6.07) is 0.148. The quantitative estimate of drug-likeness (QED) is 0.815. The van der Waals surface area contributed by atoms with E-state index in [1.165, 1.54) is 0 Å². The molecule has 0 unspecified atom stereocenters. The van der Waals surface area contributed by atoms with Gasteiger partial charge >= 0.3 is 0 Å². The van der Waals surface area contributed by atoms with Gasteiger partial charge in [0, 0.05) is 19.6 Å². The van der Waals surface area contributed by atoms with Crippen molar-refractivity contribution < 1.29 is 9.26 Å². The maximum absolute atomic E-state index is 5.26. The van der Waals surface area contributed by atoms with Gasteiger partial charge in [-0.2, -0.15) is 4.98 Å². The molecule has 1 saturated heterocycles. The molecule has 0 spiro atoms. The second kappa shape index (κ2) is 4.28. The summed E-state index contributed by atoms with van der Waals surface area (Å²) in [5.74, 6) is 1.76. The van der Waals surface area contributed by atoms with Crippen molar-refractivity contribution in [2.45, 2.75) is 38.3 Å².